The molecule has 1 atom stereocenters. The van der Waals surface area contributed by atoms with Crippen molar-refractivity contribution in [3.05, 3.63) is 129 Å². The van der Waals surface area contributed by atoms with Gasteiger partial charge in [-0.2, -0.15) is 13.2 Å². The number of fused-ring (bicyclic) bond motifs is 1. The van der Waals surface area contributed by atoms with Crippen LogP contribution in [0.15, 0.2) is 91.0 Å². The number of amides is 4. The fourth-order valence-corrected chi connectivity index (χ4v) is 6.54. The van der Waals surface area contributed by atoms with Crippen LogP contribution in [-0.2, 0) is 27.0 Å². The highest BCUT2D eigenvalue weighted by Crippen LogP contribution is 2.38. The van der Waals surface area contributed by atoms with Crippen molar-refractivity contribution in [2.24, 2.45) is 5.73 Å². The van der Waals surface area contributed by atoms with Crippen LogP contribution < -0.4 is 15.8 Å². The molecule has 274 valence electrons. The molecular formula is C39H33Cl2F3N4O5. The molecule has 0 saturated heterocycles. The molecule has 1 fully saturated rings. The number of carbonyl (C=O) groups excluding carboxylic acids is 4. The monoisotopic (exact) mass is 764 g/mol. The van der Waals surface area contributed by atoms with Gasteiger partial charge in [-0.05, 0) is 84.5 Å². The van der Waals surface area contributed by atoms with Gasteiger partial charge < -0.3 is 25.6 Å². The summed E-state index contributed by atoms with van der Waals surface area (Å²) in [5.41, 5.74) is 6.31. The lowest BCUT2D eigenvalue weighted by Gasteiger charge is -2.37. The highest BCUT2D eigenvalue weighted by molar-refractivity contribution is 6.42. The van der Waals surface area contributed by atoms with Crippen LogP contribution in [0.25, 0.3) is 6.08 Å². The molecule has 1 unspecified atom stereocenters. The van der Waals surface area contributed by atoms with Crippen molar-refractivity contribution >= 4 is 58.6 Å². The average Bonchev–Trinajstić information content (AvgIpc) is 3.96. The maximum absolute atomic E-state index is 14.3. The molecule has 4 amide bonds. The zero-order valence-electron chi connectivity index (χ0n) is 28.0. The first kappa shape index (κ1) is 37.4. The summed E-state index contributed by atoms with van der Waals surface area (Å²) in [5, 5.41) is 3.32. The summed E-state index contributed by atoms with van der Waals surface area (Å²) in [4.78, 5) is 55.2. The quantitative estimate of drug-likeness (QED) is 0.141. The van der Waals surface area contributed by atoms with E-state index in [1.54, 1.807) is 53.4 Å². The van der Waals surface area contributed by atoms with Crippen molar-refractivity contribution in [2.45, 2.75) is 43.9 Å². The average molecular weight is 766 g/mol. The predicted molar refractivity (Wildman–Crippen MR) is 195 cm³/mol. The Labute approximate surface area is 313 Å². The summed E-state index contributed by atoms with van der Waals surface area (Å²) in [6.07, 6.45) is -0.716. The molecule has 1 saturated carbocycles. The molecule has 3 N–H and O–H groups in total. The van der Waals surface area contributed by atoms with Crippen LogP contribution >= 0.6 is 23.2 Å². The van der Waals surface area contributed by atoms with E-state index in [4.69, 9.17) is 33.7 Å². The van der Waals surface area contributed by atoms with E-state index in [0.29, 0.717) is 33.5 Å². The highest BCUT2D eigenvalue weighted by atomic mass is 35.5. The standard InChI is InChI=1S/C39H33Cl2F3N4O5/c40-32-14-13-29(21-33(32)41)53-28-6-3-5-25(18-28)34-19-24-8-10-26(46-36(50)15-9-23-4-1-2-7-31(23)39(42,43)44)20-30(24)38(52)47(34)17-16-37(51)48(22-35(45)49)27-11-12-27/h1-10,13-15,18,20-21,27,34H,11-12,16-17,19,22H2,(H2,45,49)(H,46,50)/b15-9+. The summed E-state index contributed by atoms with van der Waals surface area (Å²) >= 11 is 12.2. The normalized spacial score (nSPS) is 15.6. The van der Waals surface area contributed by atoms with E-state index in [0.717, 1.165) is 36.6 Å². The van der Waals surface area contributed by atoms with Gasteiger partial charge in [-0.3, -0.25) is 19.2 Å². The number of anilines is 1. The Morgan fingerprint density at radius 2 is 1.70 bits per heavy atom. The molecular weight excluding hydrogens is 732 g/mol. The minimum Gasteiger partial charge on any atom is -0.457 e. The van der Waals surface area contributed by atoms with Gasteiger partial charge in [0.2, 0.25) is 17.7 Å². The van der Waals surface area contributed by atoms with Crippen LogP contribution in [0.2, 0.25) is 10.0 Å². The van der Waals surface area contributed by atoms with E-state index >= 15 is 0 Å². The van der Waals surface area contributed by atoms with E-state index in [1.807, 2.05) is 6.07 Å². The van der Waals surface area contributed by atoms with Crippen LogP contribution in [0.3, 0.4) is 0 Å². The van der Waals surface area contributed by atoms with Gasteiger partial charge in [0, 0.05) is 42.4 Å². The molecule has 0 radical (unpaired) electrons. The maximum Gasteiger partial charge on any atom is 0.416 e. The highest BCUT2D eigenvalue weighted by Gasteiger charge is 2.37. The number of halogens is 5. The number of alkyl halides is 3. The van der Waals surface area contributed by atoms with Gasteiger partial charge in [0.15, 0.2) is 0 Å². The minimum atomic E-state index is -4.60. The molecule has 0 bridgehead atoms. The van der Waals surface area contributed by atoms with Crippen molar-refractivity contribution in [3.63, 3.8) is 0 Å². The lowest BCUT2D eigenvalue weighted by atomic mass is 9.88. The van der Waals surface area contributed by atoms with Gasteiger partial charge in [-0.1, -0.05) is 59.6 Å². The van der Waals surface area contributed by atoms with Gasteiger partial charge in [-0.25, -0.2) is 0 Å². The third kappa shape index (κ3) is 9.19. The molecule has 2 aliphatic rings. The third-order valence-corrected chi connectivity index (χ3v) is 9.65. The summed E-state index contributed by atoms with van der Waals surface area (Å²) in [6.45, 7) is -0.198. The molecule has 9 nitrogen and oxygen atoms in total. The zero-order chi connectivity index (χ0) is 37.9. The van der Waals surface area contributed by atoms with E-state index in [2.05, 4.69) is 5.32 Å². The number of rotatable bonds is 12. The second-order valence-electron chi connectivity index (χ2n) is 12.7. The Kier molecular flexibility index (Phi) is 11.1. The van der Waals surface area contributed by atoms with Crippen molar-refractivity contribution in [3.8, 4) is 11.5 Å². The lowest BCUT2D eigenvalue weighted by molar-refractivity contribution is -0.137. The van der Waals surface area contributed by atoms with Gasteiger partial charge in [0.05, 0.1) is 28.2 Å². The first-order valence-corrected chi connectivity index (χ1v) is 17.4. The minimum absolute atomic E-state index is 0.0135. The van der Waals surface area contributed by atoms with Gasteiger partial charge in [-0.15, -0.1) is 0 Å². The molecule has 4 aromatic carbocycles. The second-order valence-corrected chi connectivity index (χ2v) is 13.5. The van der Waals surface area contributed by atoms with Crippen molar-refractivity contribution < 1.29 is 37.1 Å². The Balaban J connectivity index is 1.26. The van der Waals surface area contributed by atoms with E-state index in [1.165, 1.54) is 29.2 Å². The fraction of sp³-hybridized carbons (Fsp3) is 0.231. The molecule has 1 heterocycles. The van der Waals surface area contributed by atoms with Crippen LogP contribution in [-0.4, -0.2) is 52.6 Å². The molecule has 0 spiro atoms. The van der Waals surface area contributed by atoms with Crippen molar-refractivity contribution in [1.82, 2.24) is 9.80 Å². The Bertz CT molecular complexity index is 2100. The topological polar surface area (TPSA) is 122 Å². The second kappa shape index (κ2) is 15.7. The van der Waals surface area contributed by atoms with E-state index in [9.17, 15) is 32.3 Å². The molecule has 0 aromatic heterocycles. The summed E-state index contributed by atoms with van der Waals surface area (Å²) in [7, 11) is 0. The smallest absolute Gasteiger partial charge is 0.416 e. The summed E-state index contributed by atoms with van der Waals surface area (Å²) < 4.78 is 46.3. The number of hydrogen-bond acceptors (Lipinski definition) is 5. The molecule has 14 heteroatoms. The molecule has 1 aliphatic heterocycles. The summed E-state index contributed by atoms with van der Waals surface area (Å²) in [5.74, 6) is -1.11. The number of carbonyl (C=O) groups is 4. The fourth-order valence-electron chi connectivity index (χ4n) is 6.25. The molecule has 53 heavy (non-hydrogen) atoms. The Morgan fingerprint density at radius 3 is 2.42 bits per heavy atom. The van der Waals surface area contributed by atoms with Crippen molar-refractivity contribution in [1.29, 1.82) is 0 Å². The Morgan fingerprint density at radius 1 is 0.943 bits per heavy atom. The lowest BCUT2D eigenvalue weighted by Crippen LogP contribution is -2.44. The van der Waals surface area contributed by atoms with Gasteiger partial charge in [0.1, 0.15) is 11.5 Å². The molecule has 4 aromatic rings. The molecule has 1 aliphatic carbocycles. The number of benzene rings is 4. The number of hydrogen-bond donors (Lipinski definition) is 2. The zero-order valence-corrected chi connectivity index (χ0v) is 29.5. The largest absolute Gasteiger partial charge is 0.457 e. The van der Waals surface area contributed by atoms with Crippen LogP contribution in [0.4, 0.5) is 18.9 Å². The number of nitrogens with one attached hydrogen (secondary N) is 1. The van der Waals surface area contributed by atoms with Gasteiger partial charge >= 0.3 is 6.18 Å². The summed E-state index contributed by atoms with van der Waals surface area (Å²) in [6, 6.07) is 21.2. The first-order valence-electron chi connectivity index (χ1n) is 16.7. The van der Waals surface area contributed by atoms with Crippen LogP contribution in [0.5, 0.6) is 11.5 Å². The van der Waals surface area contributed by atoms with Crippen LogP contribution in [0, 0.1) is 0 Å². The third-order valence-electron chi connectivity index (χ3n) is 8.91. The first-order chi connectivity index (χ1) is 25.3. The Hall–Kier alpha value is -5.33. The van der Waals surface area contributed by atoms with E-state index < -0.39 is 35.5 Å². The number of nitrogens with zero attached hydrogens (tertiary/aromatic N) is 2. The SMILES string of the molecule is NC(=O)CN(C(=O)CCN1C(=O)c2cc(NC(=O)/C=C/c3ccccc3C(F)(F)F)ccc2CC1c1cccc(Oc2ccc(Cl)c(Cl)c2)c1)C1CC1. The predicted octanol–water partition coefficient (Wildman–Crippen LogP) is 8.06. The van der Waals surface area contributed by atoms with E-state index in [-0.39, 0.29) is 48.3 Å². The van der Waals surface area contributed by atoms with Crippen molar-refractivity contribution in [2.75, 3.05) is 18.4 Å². The number of nitrogens with two attached hydrogens (primary N) is 1. The van der Waals surface area contributed by atoms with Crippen LogP contribution in [0.1, 0.15) is 57.9 Å². The maximum atomic E-state index is 14.3. The number of primary amides is 1. The number of ether oxygens (including phenoxy) is 1. The molecule has 6 rings (SSSR count). The van der Waals surface area contributed by atoms with Gasteiger partial charge in [0.25, 0.3) is 5.91 Å².